The molecule has 0 radical (unpaired) electrons. The topological polar surface area (TPSA) is 29.4 Å². The summed E-state index contributed by atoms with van der Waals surface area (Å²) in [6, 6.07) is 0. The van der Waals surface area contributed by atoms with E-state index in [2.05, 4.69) is 11.9 Å². The minimum atomic E-state index is 0.0454. The molecule has 0 N–H and O–H groups in total. The van der Waals surface area contributed by atoms with Crippen LogP contribution in [-0.4, -0.2) is 11.6 Å². The van der Waals surface area contributed by atoms with Crippen molar-refractivity contribution in [1.29, 1.82) is 0 Å². The number of nitrogens with zero attached hydrogens (tertiary/aromatic N) is 1. The molecule has 2 aliphatic rings. The van der Waals surface area contributed by atoms with Crippen molar-refractivity contribution in [3.05, 3.63) is 0 Å². The van der Waals surface area contributed by atoms with Crippen molar-refractivity contribution < 1.29 is 4.79 Å². The van der Waals surface area contributed by atoms with Gasteiger partial charge in [-0.2, -0.15) is 4.99 Å². The minimum absolute atomic E-state index is 0.0454. The molecule has 0 heterocycles. The molecule has 0 amide bonds. The number of isocyanates is 1. The predicted molar refractivity (Wildman–Crippen MR) is 46.6 cm³/mol. The van der Waals surface area contributed by atoms with Crippen LogP contribution >= 0.6 is 0 Å². The molecule has 12 heavy (non-hydrogen) atoms. The summed E-state index contributed by atoms with van der Waals surface area (Å²) in [5.41, 5.74) is 0.0454. The maximum Gasteiger partial charge on any atom is 0.235 e. The number of aliphatic imine (C=N–C) groups is 1. The Kier molecular flexibility index (Phi) is 1.80. The maximum atomic E-state index is 10.1. The Morgan fingerprint density at radius 3 is 2.67 bits per heavy atom. The van der Waals surface area contributed by atoms with Gasteiger partial charge < -0.3 is 0 Å². The third-order valence-corrected chi connectivity index (χ3v) is 3.24. The Labute approximate surface area is 73.1 Å². The van der Waals surface area contributed by atoms with E-state index in [1.807, 2.05) is 0 Å². The third-order valence-electron chi connectivity index (χ3n) is 3.24. The van der Waals surface area contributed by atoms with E-state index in [-0.39, 0.29) is 5.54 Å². The van der Waals surface area contributed by atoms with Gasteiger partial charge in [0.15, 0.2) is 0 Å². The standard InChI is InChI=1S/C10H15NO/c1-8(9-2-3-9)6-10(4-5-10)11-7-12/h8-9H,2-6H2,1H3. The monoisotopic (exact) mass is 165 g/mol. The van der Waals surface area contributed by atoms with E-state index in [1.54, 1.807) is 6.08 Å². The molecule has 0 aromatic carbocycles. The molecule has 0 aromatic rings. The first-order valence-corrected chi connectivity index (χ1v) is 4.85. The molecular weight excluding hydrogens is 150 g/mol. The molecule has 2 heteroatoms. The van der Waals surface area contributed by atoms with E-state index in [0.717, 1.165) is 31.1 Å². The van der Waals surface area contributed by atoms with Crippen LogP contribution in [0.2, 0.25) is 0 Å². The summed E-state index contributed by atoms with van der Waals surface area (Å²) in [6.45, 7) is 2.29. The van der Waals surface area contributed by atoms with Gasteiger partial charge in [0.05, 0.1) is 5.54 Å². The molecule has 0 saturated heterocycles. The fourth-order valence-electron chi connectivity index (χ4n) is 2.03. The fourth-order valence-corrected chi connectivity index (χ4v) is 2.03. The van der Waals surface area contributed by atoms with Crippen LogP contribution in [0.15, 0.2) is 4.99 Å². The summed E-state index contributed by atoms with van der Waals surface area (Å²) in [7, 11) is 0. The molecule has 1 unspecified atom stereocenters. The van der Waals surface area contributed by atoms with E-state index in [0.29, 0.717) is 0 Å². The quantitative estimate of drug-likeness (QED) is 0.464. The van der Waals surface area contributed by atoms with Gasteiger partial charge in [0.2, 0.25) is 6.08 Å². The Morgan fingerprint density at radius 1 is 1.58 bits per heavy atom. The smallest absolute Gasteiger partial charge is 0.211 e. The van der Waals surface area contributed by atoms with Gasteiger partial charge in [0.25, 0.3) is 0 Å². The van der Waals surface area contributed by atoms with Crippen molar-refractivity contribution in [2.24, 2.45) is 16.8 Å². The summed E-state index contributed by atoms with van der Waals surface area (Å²) < 4.78 is 0. The largest absolute Gasteiger partial charge is 0.235 e. The number of hydrogen-bond acceptors (Lipinski definition) is 2. The SMILES string of the molecule is CC(CC1(N=C=O)CC1)C1CC1. The molecule has 1 atom stereocenters. The van der Waals surface area contributed by atoms with Gasteiger partial charge in [-0.1, -0.05) is 6.92 Å². The lowest BCUT2D eigenvalue weighted by atomic mass is 9.96. The first-order chi connectivity index (χ1) is 5.76. The molecule has 2 nitrogen and oxygen atoms in total. The van der Waals surface area contributed by atoms with Crippen LogP contribution in [0.5, 0.6) is 0 Å². The van der Waals surface area contributed by atoms with Crippen LogP contribution in [0.1, 0.15) is 39.0 Å². The Bertz CT molecular complexity index is 222. The van der Waals surface area contributed by atoms with E-state index in [4.69, 9.17) is 0 Å². The van der Waals surface area contributed by atoms with Gasteiger partial charge >= 0.3 is 0 Å². The molecule has 0 aliphatic heterocycles. The van der Waals surface area contributed by atoms with Gasteiger partial charge in [-0.15, -0.1) is 0 Å². The average Bonchev–Trinajstić information content (AvgIpc) is 2.79. The summed E-state index contributed by atoms with van der Waals surface area (Å²) in [4.78, 5) is 14.0. The van der Waals surface area contributed by atoms with Gasteiger partial charge in [0, 0.05) is 0 Å². The molecule has 0 bridgehead atoms. The summed E-state index contributed by atoms with van der Waals surface area (Å²) in [5.74, 6) is 1.70. The number of hydrogen-bond donors (Lipinski definition) is 0. The highest BCUT2D eigenvalue weighted by molar-refractivity contribution is 5.36. The first-order valence-electron chi connectivity index (χ1n) is 4.85. The zero-order valence-electron chi connectivity index (χ0n) is 7.55. The molecule has 0 aromatic heterocycles. The molecule has 2 aliphatic carbocycles. The lowest BCUT2D eigenvalue weighted by molar-refractivity contribution is 0.409. The van der Waals surface area contributed by atoms with Gasteiger partial charge in [-0.25, -0.2) is 4.79 Å². The van der Waals surface area contributed by atoms with Crippen molar-refractivity contribution in [1.82, 2.24) is 0 Å². The zero-order chi connectivity index (χ0) is 8.60. The molecule has 66 valence electrons. The Balaban J connectivity index is 1.88. The van der Waals surface area contributed by atoms with E-state index >= 15 is 0 Å². The molecule has 2 saturated carbocycles. The maximum absolute atomic E-state index is 10.1. The average molecular weight is 165 g/mol. The van der Waals surface area contributed by atoms with Crippen molar-refractivity contribution in [3.8, 4) is 0 Å². The second-order valence-corrected chi connectivity index (χ2v) is 4.45. The molecular formula is C10H15NO. The van der Waals surface area contributed by atoms with Crippen molar-refractivity contribution in [2.45, 2.75) is 44.6 Å². The third kappa shape index (κ3) is 1.59. The molecule has 2 fully saturated rings. The van der Waals surface area contributed by atoms with Crippen LogP contribution < -0.4 is 0 Å². The zero-order valence-corrected chi connectivity index (χ0v) is 7.55. The summed E-state index contributed by atoms with van der Waals surface area (Å²) in [5, 5.41) is 0. The minimum Gasteiger partial charge on any atom is -0.211 e. The summed E-state index contributed by atoms with van der Waals surface area (Å²) in [6.07, 6.45) is 7.83. The van der Waals surface area contributed by atoms with Gasteiger partial charge in [0.1, 0.15) is 0 Å². The van der Waals surface area contributed by atoms with Crippen LogP contribution in [0.3, 0.4) is 0 Å². The van der Waals surface area contributed by atoms with Crippen LogP contribution in [0.4, 0.5) is 0 Å². The number of carbonyl (C=O) groups excluding carboxylic acids is 1. The normalized spacial score (nSPS) is 27.4. The van der Waals surface area contributed by atoms with Gasteiger partial charge in [-0.3, -0.25) is 0 Å². The van der Waals surface area contributed by atoms with Crippen molar-refractivity contribution >= 4 is 6.08 Å². The van der Waals surface area contributed by atoms with E-state index < -0.39 is 0 Å². The lowest BCUT2D eigenvalue weighted by Crippen LogP contribution is -2.11. The van der Waals surface area contributed by atoms with Gasteiger partial charge in [-0.05, 0) is 43.9 Å². The second kappa shape index (κ2) is 2.70. The Morgan fingerprint density at radius 2 is 2.25 bits per heavy atom. The van der Waals surface area contributed by atoms with Crippen molar-refractivity contribution in [2.75, 3.05) is 0 Å². The lowest BCUT2D eigenvalue weighted by Gasteiger charge is -2.13. The summed E-state index contributed by atoms with van der Waals surface area (Å²) >= 11 is 0. The van der Waals surface area contributed by atoms with E-state index in [9.17, 15) is 4.79 Å². The van der Waals surface area contributed by atoms with Crippen LogP contribution in [0, 0.1) is 11.8 Å². The first kappa shape index (κ1) is 8.00. The predicted octanol–water partition coefficient (Wildman–Crippen LogP) is 2.29. The van der Waals surface area contributed by atoms with E-state index in [1.165, 1.54) is 12.8 Å². The number of rotatable bonds is 4. The highest BCUT2D eigenvalue weighted by atomic mass is 16.1. The van der Waals surface area contributed by atoms with Crippen molar-refractivity contribution in [3.63, 3.8) is 0 Å². The Hall–Kier alpha value is -0.620. The van der Waals surface area contributed by atoms with Crippen LogP contribution in [-0.2, 0) is 4.79 Å². The second-order valence-electron chi connectivity index (χ2n) is 4.45. The fraction of sp³-hybridized carbons (Fsp3) is 0.900. The highest BCUT2D eigenvalue weighted by Crippen LogP contribution is 2.49. The molecule has 2 rings (SSSR count). The highest BCUT2D eigenvalue weighted by Gasteiger charge is 2.46. The molecule has 0 spiro atoms. The van der Waals surface area contributed by atoms with Crippen LogP contribution in [0.25, 0.3) is 0 Å².